The first-order valence-electron chi connectivity index (χ1n) is 15.5. The molecule has 49 heavy (non-hydrogen) atoms. The van der Waals surface area contributed by atoms with Crippen molar-refractivity contribution >= 4 is 46.7 Å². The number of hydrogen-bond donors (Lipinski definition) is 2. The number of carbonyl (C=O) groups is 2. The van der Waals surface area contributed by atoms with Gasteiger partial charge >= 0.3 is 0 Å². The molecule has 10 nitrogen and oxygen atoms in total. The SMILES string of the molecule is CN1C(=O)[C@@](C)(c2cccc(-c3cc(Cl)ccc3CN=C3N[C@](C)(c4cc(-c5cccc(C#N)c5)cs4)[C@H](CC#N)C(=O)N3C)c2)N=C1N. The van der Waals surface area contributed by atoms with Crippen LogP contribution in [0.4, 0.5) is 0 Å². The van der Waals surface area contributed by atoms with E-state index in [0.29, 0.717) is 22.1 Å². The second-order valence-electron chi connectivity index (χ2n) is 12.5. The third-order valence-electron chi connectivity index (χ3n) is 9.36. The van der Waals surface area contributed by atoms with Gasteiger partial charge in [0.15, 0.2) is 11.5 Å². The van der Waals surface area contributed by atoms with Gasteiger partial charge < -0.3 is 11.1 Å². The first kappa shape index (κ1) is 33.4. The number of likely N-dealkylation sites (N-methyl/N-ethyl adjacent to an activating group) is 1. The zero-order valence-corrected chi connectivity index (χ0v) is 28.9. The second-order valence-corrected chi connectivity index (χ2v) is 13.8. The number of benzene rings is 3. The molecule has 246 valence electrons. The highest BCUT2D eigenvalue weighted by atomic mass is 35.5. The molecule has 12 heteroatoms. The predicted molar refractivity (Wildman–Crippen MR) is 191 cm³/mol. The van der Waals surface area contributed by atoms with Gasteiger partial charge in [0.25, 0.3) is 5.91 Å². The van der Waals surface area contributed by atoms with Gasteiger partial charge in [0.05, 0.1) is 35.7 Å². The number of nitrogens with one attached hydrogen (secondary N) is 1. The smallest absolute Gasteiger partial charge is 0.261 e. The van der Waals surface area contributed by atoms with Crippen molar-refractivity contribution in [2.24, 2.45) is 21.6 Å². The van der Waals surface area contributed by atoms with Crippen molar-refractivity contribution in [1.82, 2.24) is 15.1 Å². The van der Waals surface area contributed by atoms with Crippen LogP contribution in [0.2, 0.25) is 5.02 Å². The molecule has 2 aliphatic rings. The summed E-state index contributed by atoms with van der Waals surface area (Å²) in [5, 5.41) is 25.1. The lowest BCUT2D eigenvalue weighted by Gasteiger charge is -2.44. The van der Waals surface area contributed by atoms with Crippen LogP contribution in [0, 0.1) is 28.6 Å². The zero-order chi connectivity index (χ0) is 35.1. The number of aliphatic imine (C=N–C) groups is 2. The van der Waals surface area contributed by atoms with Crippen LogP contribution >= 0.6 is 22.9 Å². The minimum atomic E-state index is -1.16. The van der Waals surface area contributed by atoms with Crippen molar-refractivity contribution in [1.29, 1.82) is 10.5 Å². The number of halogens is 1. The summed E-state index contributed by atoms with van der Waals surface area (Å²) in [6.45, 7) is 3.87. The van der Waals surface area contributed by atoms with E-state index in [4.69, 9.17) is 22.3 Å². The molecule has 2 aliphatic heterocycles. The summed E-state index contributed by atoms with van der Waals surface area (Å²) in [7, 11) is 3.26. The number of nitrogens with two attached hydrogens (primary N) is 1. The summed E-state index contributed by atoms with van der Waals surface area (Å²) in [5.41, 5.74) is 9.44. The van der Waals surface area contributed by atoms with E-state index in [1.807, 2.05) is 73.0 Å². The first-order valence-corrected chi connectivity index (χ1v) is 16.7. The highest BCUT2D eigenvalue weighted by molar-refractivity contribution is 7.10. The van der Waals surface area contributed by atoms with Crippen LogP contribution in [0.15, 0.2) is 88.2 Å². The highest BCUT2D eigenvalue weighted by Crippen LogP contribution is 2.41. The molecular formula is C37H33ClN8O2S. The molecule has 3 atom stereocenters. The Morgan fingerprint density at radius 2 is 1.76 bits per heavy atom. The Kier molecular flexibility index (Phi) is 8.76. The Morgan fingerprint density at radius 3 is 2.47 bits per heavy atom. The molecule has 1 saturated heterocycles. The van der Waals surface area contributed by atoms with E-state index in [1.54, 1.807) is 33.2 Å². The van der Waals surface area contributed by atoms with E-state index in [9.17, 15) is 20.1 Å². The number of guanidine groups is 2. The predicted octanol–water partition coefficient (Wildman–Crippen LogP) is 5.97. The average Bonchev–Trinajstić information content (AvgIpc) is 3.69. The summed E-state index contributed by atoms with van der Waals surface area (Å²) in [4.78, 5) is 40.0. The van der Waals surface area contributed by atoms with E-state index < -0.39 is 17.0 Å². The van der Waals surface area contributed by atoms with Crippen LogP contribution < -0.4 is 11.1 Å². The maximum Gasteiger partial charge on any atom is 0.261 e. The van der Waals surface area contributed by atoms with Crippen LogP contribution in [0.3, 0.4) is 0 Å². The number of rotatable bonds is 7. The Balaban J connectivity index is 1.35. The van der Waals surface area contributed by atoms with Gasteiger partial charge in [-0.15, -0.1) is 11.3 Å². The Morgan fingerprint density at radius 1 is 1.00 bits per heavy atom. The summed E-state index contributed by atoms with van der Waals surface area (Å²) in [5.74, 6) is -0.572. The molecule has 0 saturated carbocycles. The summed E-state index contributed by atoms with van der Waals surface area (Å²) in [6, 6.07) is 26.8. The highest BCUT2D eigenvalue weighted by Gasteiger charge is 2.48. The van der Waals surface area contributed by atoms with Crippen molar-refractivity contribution in [2.45, 2.75) is 37.9 Å². The van der Waals surface area contributed by atoms with Crippen LogP contribution in [-0.4, -0.2) is 47.6 Å². The van der Waals surface area contributed by atoms with Crippen molar-refractivity contribution < 1.29 is 9.59 Å². The zero-order valence-electron chi connectivity index (χ0n) is 27.4. The lowest BCUT2D eigenvalue weighted by atomic mass is 9.79. The average molecular weight is 689 g/mol. The van der Waals surface area contributed by atoms with E-state index in [0.717, 1.165) is 32.7 Å². The summed E-state index contributed by atoms with van der Waals surface area (Å²) in [6.07, 6.45) is 0.0156. The quantitative estimate of drug-likeness (QED) is 0.244. The monoisotopic (exact) mass is 688 g/mol. The van der Waals surface area contributed by atoms with Gasteiger partial charge in [-0.1, -0.05) is 48.0 Å². The molecule has 0 radical (unpaired) electrons. The molecule has 0 bridgehead atoms. The van der Waals surface area contributed by atoms with Crippen molar-refractivity contribution in [2.75, 3.05) is 14.1 Å². The molecule has 1 fully saturated rings. The van der Waals surface area contributed by atoms with Crippen LogP contribution in [0.25, 0.3) is 22.3 Å². The van der Waals surface area contributed by atoms with Crippen molar-refractivity contribution in [3.05, 3.63) is 105 Å². The largest absolute Gasteiger partial charge is 0.369 e. The Bertz CT molecular complexity index is 2150. The number of thiophene rings is 1. The molecule has 0 spiro atoms. The van der Waals surface area contributed by atoms with E-state index in [2.05, 4.69) is 22.4 Å². The van der Waals surface area contributed by atoms with Crippen LogP contribution in [0.5, 0.6) is 0 Å². The molecule has 0 aliphatic carbocycles. The molecule has 1 aromatic heterocycles. The number of nitrogens with zero attached hydrogens (tertiary/aromatic N) is 6. The van der Waals surface area contributed by atoms with Gasteiger partial charge in [-0.2, -0.15) is 10.5 Å². The van der Waals surface area contributed by atoms with Crippen molar-refractivity contribution in [3.63, 3.8) is 0 Å². The molecule has 3 heterocycles. The van der Waals surface area contributed by atoms with Gasteiger partial charge in [0, 0.05) is 30.4 Å². The molecule has 0 unspecified atom stereocenters. The minimum absolute atomic E-state index is 0.0156. The number of hydrogen-bond acceptors (Lipinski definition) is 8. The number of carbonyl (C=O) groups excluding carboxylic acids is 2. The summed E-state index contributed by atoms with van der Waals surface area (Å²) >= 11 is 7.97. The molecule has 4 aromatic rings. The van der Waals surface area contributed by atoms with Gasteiger partial charge in [0.2, 0.25) is 11.9 Å². The maximum absolute atomic E-state index is 13.8. The Hall–Kier alpha value is -5.49. The summed E-state index contributed by atoms with van der Waals surface area (Å²) < 4.78 is 0. The fourth-order valence-electron chi connectivity index (χ4n) is 6.35. The molecular weight excluding hydrogens is 656 g/mol. The third-order valence-corrected chi connectivity index (χ3v) is 10.8. The van der Waals surface area contributed by atoms with Gasteiger partial charge in [-0.05, 0) is 89.0 Å². The molecule has 3 N–H and O–H groups in total. The lowest BCUT2D eigenvalue weighted by molar-refractivity contribution is -0.135. The van der Waals surface area contributed by atoms with Crippen LogP contribution in [0.1, 0.15) is 41.8 Å². The van der Waals surface area contributed by atoms with Crippen LogP contribution in [-0.2, 0) is 27.2 Å². The van der Waals surface area contributed by atoms with E-state index in [-0.39, 0.29) is 30.7 Å². The minimum Gasteiger partial charge on any atom is -0.369 e. The maximum atomic E-state index is 13.8. The van der Waals surface area contributed by atoms with Gasteiger partial charge in [0.1, 0.15) is 0 Å². The fourth-order valence-corrected chi connectivity index (χ4v) is 7.62. The van der Waals surface area contributed by atoms with E-state index >= 15 is 0 Å². The normalized spacial score (nSPS) is 22.9. The van der Waals surface area contributed by atoms with Gasteiger partial charge in [-0.3, -0.25) is 19.4 Å². The third kappa shape index (κ3) is 5.92. The molecule has 6 rings (SSSR count). The first-order chi connectivity index (χ1) is 23.4. The Labute approximate surface area is 293 Å². The number of nitriles is 2. The fraction of sp³-hybridized carbons (Fsp3) is 0.243. The molecule has 3 aromatic carbocycles. The number of amides is 2. The standard InChI is InChI=1S/C37H33ClN8O2S/c1-36(33(48)46(4)34(41)43-36)27-10-6-9-24(16-27)29-18-28(38)12-11-25(29)20-42-35-44-37(2,30(13-14-39)32(47)45(35)3)31-17-26(21-49-31)23-8-5-7-22(15-23)19-40/h5-12,15-18,21,30H,13,20H2,1-4H3,(H2,41,43)(H,42,44)/t30-,36-,37+/m1/s1. The molecule has 2 amide bonds. The topological polar surface area (TPSA) is 151 Å². The second kappa shape index (κ2) is 12.8. The van der Waals surface area contributed by atoms with E-state index in [1.165, 1.54) is 21.1 Å². The van der Waals surface area contributed by atoms with Crippen molar-refractivity contribution in [3.8, 4) is 34.4 Å². The van der Waals surface area contributed by atoms with Gasteiger partial charge in [-0.25, -0.2) is 9.98 Å². The lowest BCUT2D eigenvalue weighted by Crippen LogP contribution is -2.63.